The Bertz CT molecular complexity index is 553. The second-order valence-electron chi connectivity index (χ2n) is 6.79. The standard InChI is InChI=1S/C17H20O3/c18-16(19)17(9-13-8-14(13)10-17)5-3-11-1-2-15-12(7-11)4-6-20-15/h1-2,7,13-14H,3-6,8-10H2,(H,18,19). The molecule has 2 unspecified atom stereocenters. The summed E-state index contributed by atoms with van der Waals surface area (Å²) >= 11 is 0. The van der Waals surface area contributed by atoms with Gasteiger partial charge < -0.3 is 9.84 Å². The van der Waals surface area contributed by atoms with Crippen molar-refractivity contribution >= 4 is 5.97 Å². The quantitative estimate of drug-likeness (QED) is 0.916. The molecule has 3 aliphatic rings. The Morgan fingerprint density at radius 3 is 2.90 bits per heavy atom. The Morgan fingerprint density at radius 2 is 2.15 bits per heavy atom. The van der Waals surface area contributed by atoms with Gasteiger partial charge in [-0.05, 0) is 61.1 Å². The first-order valence-electron chi connectivity index (χ1n) is 7.64. The number of aryl methyl sites for hydroxylation is 1. The number of rotatable bonds is 4. The lowest BCUT2D eigenvalue weighted by molar-refractivity contribution is -0.149. The Balaban J connectivity index is 1.48. The van der Waals surface area contributed by atoms with Gasteiger partial charge in [0.05, 0.1) is 12.0 Å². The maximum Gasteiger partial charge on any atom is 0.309 e. The second-order valence-corrected chi connectivity index (χ2v) is 6.79. The van der Waals surface area contributed by atoms with Gasteiger partial charge in [-0.1, -0.05) is 12.1 Å². The molecule has 1 aromatic carbocycles. The van der Waals surface area contributed by atoms with E-state index < -0.39 is 11.4 Å². The number of carboxylic acids is 1. The van der Waals surface area contributed by atoms with Crippen LogP contribution in [0.15, 0.2) is 18.2 Å². The largest absolute Gasteiger partial charge is 0.493 e. The summed E-state index contributed by atoms with van der Waals surface area (Å²) in [5.74, 6) is 1.84. The molecule has 0 amide bonds. The molecule has 3 heteroatoms. The van der Waals surface area contributed by atoms with E-state index in [0.717, 1.165) is 44.5 Å². The number of carbonyl (C=O) groups is 1. The number of ether oxygens (including phenoxy) is 1. The molecular weight excluding hydrogens is 252 g/mol. The molecule has 0 saturated heterocycles. The van der Waals surface area contributed by atoms with Gasteiger partial charge in [0, 0.05) is 6.42 Å². The molecule has 1 N–H and O–H groups in total. The van der Waals surface area contributed by atoms with Crippen molar-refractivity contribution in [2.45, 2.75) is 38.5 Å². The first kappa shape index (κ1) is 12.2. The van der Waals surface area contributed by atoms with Crippen LogP contribution < -0.4 is 4.74 Å². The molecule has 2 fully saturated rings. The van der Waals surface area contributed by atoms with Gasteiger partial charge in [0.15, 0.2) is 0 Å². The molecule has 0 aromatic heterocycles. The number of carboxylic acid groups (broad SMARTS) is 1. The van der Waals surface area contributed by atoms with Gasteiger partial charge in [0.2, 0.25) is 0 Å². The molecule has 20 heavy (non-hydrogen) atoms. The van der Waals surface area contributed by atoms with Crippen molar-refractivity contribution in [1.29, 1.82) is 0 Å². The van der Waals surface area contributed by atoms with Crippen molar-refractivity contribution in [1.82, 2.24) is 0 Å². The van der Waals surface area contributed by atoms with E-state index in [-0.39, 0.29) is 0 Å². The monoisotopic (exact) mass is 272 g/mol. The van der Waals surface area contributed by atoms with E-state index in [4.69, 9.17) is 4.74 Å². The smallest absolute Gasteiger partial charge is 0.309 e. The Hall–Kier alpha value is -1.51. The minimum Gasteiger partial charge on any atom is -0.493 e. The van der Waals surface area contributed by atoms with Gasteiger partial charge in [-0.2, -0.15) is 0 Å². The summed E-state index contributed by atoms with van der Waals surface area (Å²) in [6.07, 6.45) is 5.72. The van der Waals surface area contributed by atoms with E-state index in [1.165, 1.54) is 17.5 Å². The maximum atomic E-state index is 11.7. The summed E-state index contributed by atoms with van der Waals surface area (Å²) < 4.78 is 5.52. The van der Waals surface area contributed by atoms with E-state index >= 15 is 0 Å². The molecule has 106 valence electrons. The van der Waals surface area contributed by atoms with Gasteiger partial charge in [-0.15, -0.1) is 0 Å². The number of fused-ring (bicyclic) bond motifs is 2. The number of aliphatic carboxylic acids is 1. The zero-order valence-electron chi connectivity index (χ0n) is 11.6. The van der Waals surface area contributed by atoms with Crippen LogP contribution in [0.3, 0.4) is 0 Å². The van der Waals surface area contributed by atoms with Crippen LogP contribution in [-0.2, 0) is 17.6 Å². The summed E-state index contributed by atoms with van der Waals surface area (Å²) in [7, 11) is 0. The number of hydrogen-bond acceptors (Lipinski definition) is 2. The molecule has 0 spiro atoms. The summed E-state index contributed by atoms with van der Waals surface area (Å²) in [6, 6.07) is 6.33. The zero-order valence-corrected chi connectivity index (χ0v) is 11.6. The van der Waals surface area contributed by atoms with Crippen molar-refractivity contribution in [3.8, 4) is 5.75 Å². The first-order valence-corrected chi connectivity index (χ1v) is 7.64. The lowest BCUT2D eigenvalue weighted by Gasteiger charge is -2.26. The molecule has 0 bridgehead atoms. The molecule has 2 saturated carbocycles. The van der Waals surface area contributed by atoms with E-state index in [9.17, 15) is 9.90 Å². The van der Waals surface area contributed by atoms with Crippen molar-refractivity contribution in [3.05, 3.63) is 29.3 Å². The van der Waals surface area contributed by atoms with Gasteiger partial charge in [-0.3, -0.25) is 4.79 Å². The molecular formula is C17H20O3. The summed E-state index contributed by atoms with van der Waals surface area (Å²) in [6.45, 7) is 0.779. The van der Waals surface area contributed by atoms with Gasteiger partial charge in [0.1, 0.15) is 5.75 Å². The predicted octanol–water partition coefficient (Wildman–Crippen LogP) is 3.06. The fraction of sp³-hybridized carbons (Fsp3) is 0.588. The van der Waals surface area contributed by atoms with Crippen molar-refractivity contribution in [3.63, 3.8) is 0 Å². The highest BCUT2D eigenvalue weighted by molar-refractivity contribution is 5.75. The minimum absolute atomic E-state index is 0.441. The predicted molar refractivity (Wildman–Crippen MR) is 74.9 cm³/mol. The zero-order chi connectivity index (χ0) is 13.7. The average Bonchev–Trinajstić information content (AvgIpc) is 2.89. The van der Waals surface area contributed by atoms with Crippen molar-refractivity contribution < 1.29 is 14.6 Å². The summed E-state index contributed by atoms with van der Waals surface area (Å²) in [4.78, 5) is 11.7. The van der Waals surface area contributed by atoms with E-state index in [2.05, 4.69) is 12.1 Å². The molecule has 2 atom stereocenters. The van der Waals surface area contributed by atoms with Crippen LogP contribution in [0.4, 0.5) is 0 Å². The highest BCUT2D eigenvalue weighted by Crippen LogP contribution is 2.61. The minimum atomic E-state index is -0.575. The van der Waals surface area contributed by atoms with E-state index in [1.807, 2.05) is 6.07 Å². The molecule has 2 aliphatic carbocycles. The third-order valence-electron chi connectivity index (χ3n) is 5.47. The third-order valence-corrected chi connectivity index (χ3v) is 5.47. The van der Waals surface area contributed by atoms with Crippen molar-refractivity contribution in [2.24, 2.45) is 17.3 Å². The van der Waals surface area contributed by atoms with E-state index in [1.54, 1.807) is 0 Å². The fourth-order valence-corrected chi connectivity index (χ4v) is 4.16. The Kier molecular flexibility index (Phi) is 2.60. The lowest BCUT2D eigenvalue weighted by atomic mass is 9.78. The summed E-state index contributed by atoms with van der Waals surface area (Å²) in [5.41, 5.74) is 2.10. The normalized spacial score (nSPS) is 33.4. The molecule has 4 rings (SSSR count). The van der Waals surface area contributed by atoms with Gasteiger partial charge >= 0.3 is 5.97 Å². The van der Waals surface area contributed by atoms with Crippen molar-refractivity contribution in [2.75, 3.05) is 6.61 Å². The lowest BCUT2D eigenvalue weighted by Crippen LogP contribution is -2.30. The van der Waals surface area contributed by atoms with Crippen LogP contribution in [-0.4, -0.2) is 17.7 Å². The van der Waals surface area contributed by atoms with Gasteiger partial charge in [0.25, 0.3) is 0 Å². The third kappa shape index (κ3) is 1.91. The maximum absolute atomic E-state index is 11.7. The molecule has 0 radical (unpaired) electrons. The topological polar surface area (TPSA) is 46.5 Å². The average molecular weight is 272 g/mol. The molecule has 1 aromatic rings. The Labute approximate surface area is 118 Å². The summed E-state index contributed by atoms with van der Waals surface area (Å²) in [5, 5.41) is 9.61. The van der Waals surface area contributed by atoms with Gasteiger partial charge in [-0.25, -0.2) is 0 Å². The van der Waals surface area contributed by atoms with Crippen LogP contribution in [0, 0.1) is 17.3 Å². The molecule has 1 aliphatic heterocycles. The highest BCUT2D eigenvalue weighted by atomic mass is 16.5. The molecule has 1 heterocycles. The van der Waals surface area contributed by atoms with Crippen LogP contribution in [0.2, 0.25) is 0 Å². The van der Waals surface area contributed by atoms with Crippen LogP contribution in [0.1, 0.15) is 36.8 Å². The van der Waals surface area contributed by atoms with Crippen LogP contribution in [0.5, 0.6) is 5.75 Å². The van der Waals surface area contributed by atoms with Crippen LogP contribution in [0.25, 0.3) is 0 Å². The van der Waals surface area contributed by atoms with Crippen LogP contribution >= 0.6 is 0 Å². The first-order chi connectivity index (χ1) is 9.66. The number of benzene rings is 1. The highest BCUT2D eigenvalue weighted by Gasteiger charge is 2.57. The fourth-order valence-electron chi connectivity index (χ4n) is 4.16. The molecule has 3 nitrogen and oxygen atoms in total. The SMILES string of the molecule is O=C(O)C1(CCc2ccc3c(c2)CCO3)CC2CC2C1. The number of hydrogen-bond donors (Lipinski definition) is 1. The Morgan fingerprint density at radius 1 is 1.35 bits per heavy atom. The van der Waals surface area contributed by atoms with E-state index in [0.29, 0.717) is 11.8 Å². The second kappa shape index (κ2) is 4.24.